The van der Waals surface area contributed by atoms with Gasteiger partial charge in [-0.05, 0) is 65.3 Å². The lowest BCUT2D eigenvalue weighted by molar-refractivity contribution is 0.0944. The fourth-order valence-electron chi connectivity index (χ4n) is 3.13. The van der Waals surface area contributed by atoms with Crippen LogP contribution in [0.4, 0.5) is 0 Å². The molecular formula is C20H29N5O2. The van der Waals surface area contributed by atoms with Crippen molar-refractivity contribution in [2.24, 2.45) is 0 Å². The molecule has 1 aliphatic rings. The lowest BCUT2D eigenvalue weighted by Gasteiger charge is -2.23. The van der Waals surface area contributed by atoms with Gasteiger partial charge in [0.2, 0.25) is 0 Å². The Hall–Kier alpha value is -2.41. The van der Waals surface area contributed by atoms with Gasteiger partial charge < -0.3 is 15.4 Å². The number of benzene rings is 1. The zero-order valence-electron chi connectivity index (χ0n) is 16.6. The molecule has 0 radical (unpaired) electrons. The van der Waals surface area contributed by atoms with E-state index in [2.05, 4.69) is 20.9 Å². The van der Waals surface area contributed by atoms with Crippen LogP contribution in [-0.4, -0.2) is 39.6 Å². The first-order valence-corrected chi connectivity index (χ1v) is 9.51. The van der Waals surface area contributed by atoms with Crippen molar-refractivity contribution in [3.05, 3.63) is 41.2 Å². The Balaban J connectivity index is 1.65. The number of rotatable bonds is 5. The molecule has 1 fully saturated rings. The monoisotopic (exact) mass is 371 g/mol. The highest BCUT2D eigenvalue weighted by atomic mass is 16.5. The summed E-state index contributed by atoms with van der Waals surface area (Å²) in [6, 6.07) is 6.32. The highest BCUT2D eigenvalue weighted by molar-refractivity contribution is 5.91. The average Bonchev–Trinajstić information content (AvgIpc) is 3.10. The second-order valence-corrected chi connectivity index (χ2v) is 8.07. The Bertz CT molecular complexity index is 788. The molecule has 0 spiro atoms. The molecule has 2 N–H and O–H groups in total. The zero-order valence-corrected chi connectivity index (χ0v) is 16.6. The van der Waals surface area contributed by atoms with E-state index >= 15 is 0 Å². The van der Waals surface area contributed by atoms with Gasteiger partial charge in [0.15, 0.2) is 5.69 Å². The first-order valence-electron chi connectivity index (χ1n) is 9.51. The van der Waals surface area contributed by atoms with E-state index in [1.807, 2.05) is 50.6 Å². The molecule has 1 saturated heterocycles. The van der Waals surface area contributed by atoms with Gasteiger partial charge in [-0.3, -0.25) is 4.79 Å². The first kappa shape index (κ1) is 19.4. The van der Waals surface area contributed by atoms with Gasteiger partial charge >= 0.3 is 0 Å². The summed E-state index contributed by atoms with van der Waals surface area (Å²) in [6.07, 6.45) is 3.75. The summed E-state index contributed by atoms with van der Waals surface area (Å²) in [5.41, 5.74) is 2.10. The van der Waals surface area contributed by atoms with Crippen LogP contribution in [0.1, 0.15) is 61.3 Å². The number of nitrogens with one attached hydrogen (secondary N) is 2. The van der Waals surface area contributed by atoms with Crippen molar-refractivity contribution in [1.82, 2.24) is 25.6 Å². The molecule has 0 unspecified atom stereocenters. The van der Waals surface area contributed by atoms with Crippen LogP contribution in [-0.2, 0) is 6.54 Å². The number of aromatic nitrogens is 3. The van der Waals surface area contributed by atoms with Gasteiger partial charge in [-0.25, -0.2) is 4.68 Å². The van der Waals surface area contributed by atoms with Gasteiger partial charge in [-0.2, -0.15) is 0 Å². The smallest absolute Gasteiger partial charge is 0.273 e. The normalized spacial score (nSPS) is 15.6. The van der Waals surface area contributed by atoms with Crippen LogP contribution < -0.4 is 15.4 Å². The lowest BCUT2D eigenvalue weighted by Crippen LogP contribution is -2.29. The molecule has 1 amide bonds. The Kier molecular flexibility index (Phi) is 5.79. The molecule has 2 aromatic rings. The average molecular weight is 371 g/mol. The molecule has 0 saturated carbocycles. The van der Waals surface area contributed by atoms with Crippen molar-refractivity contribution >= 4 is 5.91 Å². The largest absolute Gasteiger partial charge is 0.488 e. The maximum atomic E-state index is 12.5. The van der Waals surface area contributed by atoms with Crippen LogP contribution in [0.3, 0.4) is 0 Å². The molecule has 2 heterocycles. The summed E-state index contributed by atoms with van der Waals surface area (Å²) >= 11 is 0. The third-order valence-electron chi connectivity index (χ3n) is 4.50. The minimum absolute atomic E-state index is 0.225. The highest BCUT2D eigenvalue weighted by Crippen LogP contribution is 2.25. The Morgan fingerprint density at radius 3 is 2.78 bits per heavy atom. The van der Waals surface area contributed by atoms with Gasteiger partial charge in [-0.15, -0.1) is 5.10 Å². The van der Waals surface area contributed by atoms with Crippen molar-refractivity contribution in [2.45, 2.75) is 58.7 Å². The number of amides is 1. The summed E-state index contributed by atoms with van der Waals surface area (Å²) in [5.74, 6) is 0.568. The Morgan fingerprint density at radius 2 is 2.07 bits per heavy atom. The molecule has 7 nitrogen and oxygen atoms in total. The molecule has 1 aromatic carbocycles. The van der Waals surface area contributed by atoms with Crippen LogP contribution >= 0.6 is 0 Å². The van der Waals surface area contributed by atoms with Gasteiger partial charge in [0.1, 0.15) is 11.4 Å². The van der Waals surface area contributed by atoms with Gasteiger partial charge in [0.25, 0.3) is 5.91 Å². The molecule has 7 heteroatoms. The maximum absolute atomic E-state index is 12.5. The second-order valence-electron chi connectivity index (χ2n) is 8.07. The molecule has 1 aliphatic heterocycles. The minimum Gasteiger partial charge on any atom is -0.488 e. The molecule has 3 rings (SSSR count). The van der Waals surface area contributed by atoms with Gasteiger partial charge in [0.05, 0.1) is 12.2 Å². The Morgan fingerprint density at radius 1 is 1.33 bits per heavy atom. The van der Waals surface area contributed by atoms with E-state index in [1.165, 1.54) is 0 Å². The summed E-state index contributed by atoms with van der Waals surface area (Å²) in [7, 11) is 0. The number of hydrogen-bond acceptors (Lipinski definition) is 5. The fourth-order valence-corrected chi connectivity index (χ4v) is 3.13. The topological polar surface area (TPSA) is 81.1 Å². The van der Waals surface area contributed by atoms with Crippen molar-refractivity contribution in [3.63, 3.8) is 0 Å². The minimum atomic E-state index is -0.301. The van der Waals surface area contributed by atoms with Crippen molar-refractivity contribution in [1.29, 1.82) is 0 Å². The number of aryl methyl sites for hydroxylation is 1. The SMILES string of the molecule is Cc1ccc(CNC(=O)c2cn(C3CCNCC3)nn2)c(OC(C)(C)C)c1. The number of carbonyl (C=O) groups excluding carboxylic acids is 1. The molecule has 27 heavy (non-hydrogen) atoms. The fraction of sp³-hybridized carbons (Fsp3) is 0.550. The third-order valence-corrected chi connectivity index (χ3v) is 4.50. The standard InChI is InChI=1S/C20H29N5O2/c1-14-5-6-15(18(11-14)27-20(2,3)4)12-22-19(26)17-13-25(24-23-17)16-7-9-21-10-8-16/h5-6,11,13,16,21H,7-10,12H2,1-4H3,(H,22,26). The molecule has 1 aromatic heterocycles. The quantitative estimate of drug-likeness (QED) is 0.844. The van der Waals surface area contributed by atoms with Crippen LogP contribution in [0, 0.1) is 6.92 Å². The number of ether oxygens (including phenoxy) is 1. The van der Waals surface area contributed by atoms with Crippen molar-refractivity contribution in [2.75, 3.05) is 13.1 Å². The van der Waals surface area contributed by atoms with Crippen LogP contribution in [0.5, 0.6) is 5.75 Å². The Labute approximate surface area is 160 Å². The van der Waals surface area contributed by atoms with E-state index in [4.69, 9.17) is 4.74 Å². The van der Waals surface area contributed by atoms with Gasteiger partial charge in [-0.1, -0.05) is 17.3 Å². The van der Waals surface area contributed by atoms with Crippen LogP contribution in [0.2, 0.25) is 0 Å². The summed E-state index contributed by atoms with van der Waals surface area (Å²) in [6.45, 7) is 10.4. The number of carbonyl (C=O) groups is 1. The molecule has 0 bridgehead atoms. The highest BCUT2D eigenvalue weighted by Gasteiger charge is 2.19. The van der Waals surface area contributed by atoms with E-state index in [-0.39, 0.29) is 11.5 Å². The van der Waals surface area contributed by atoms with E-state index in [0.29, 0.717) is 18.3 Å². The second kappa shape index (κ2) is 8.08. The summed E-state index contributed by atoms with van der Waals surface area (Å²) in [4.78, 5) is 12.5. The third kappa shape index (κ3) is 5.29. The van der Waals surface area contributed by atoms with Crippen molar-refractivity contribution < 1.29 is 9.53 Å². The number of hydrogen-bond donors (Lipinski definition) is 2. The molecule has 0 aliphatic carbocycles. The summed E-state index contributed by atoms with van der Waals surface area (Å²) in [5, 5.41) is 14.5. The molecule has 0 atom stereocenters. The lowest BCUT2D eigenvalue weighted by atomic mass is 10.1. The van der Waals surface area contributed by atoms with E-state index in [9.17, 15) is 4.79 Å². The first-order chi connectivity index (χ1) is 12.8. The van der Waals surface area contributed by atoms with Crippen molar-refractivity contribution in [3.8, 4) is 5.75 Å². The van der Waals surface area contributed by atoms with Crippen LogP contribution in [0.25, 0.3) is 0 Å². The van der Waals surface area contributed by atoms with Crippen LogP contribution in [0.15, 0.2) is 24.4 Å². The predicted octanol–water partition coefficient (Wildman–Crippen LogP) is 2.62. The number of nitrogens with zero attached hydrogens (tertiary/aromatic N) is 3. The maximum Gasteiger partial charge on any atom is 0.273 e. The van der Waals surface area contributed by atoms with E-state index in [1.54, 1.807) is 6.20 Å². The van der Waals surface area contributed by atoms with E-state index < -0.39 is 0 Å². The number of piperidine rings is 1. The molecular weight excluding hydrogens is 342 g/mol. The summed E-state index contributed by atoms with van der Waals surface area (Å²) < 4.78 is 7.86. The molecule has 146 valence electrons. The zero-order chi connectivity index (χ0) is 19.4. The van der Waals surface area contributed by atoms with Gasteiger partial charge in [0, 0.05) is 12.1 Å². The predicted molar refractivity (Wildman–Crippen MR) is 104 cm³/mol. The van der Waals surface area contributed by atoms with E-state index in [0.717, 1.165) is 42.8 Å².